The van der Waals surface area contributed by atoms with E-state index in [1.807, 2.05) is 0 Å². The molecule has 1 aromatic carbocycles. The van der Waals surface area contributed by atoms with Gasteiger partial charge in [0.2, 0.25) is 0 Å². The van der Waals surface area contributed by atoms with Crippen LogP contribution < -0.4 is 9.47 Å². The van der Waals surface area contributed by atoms with E-state index in [0.717, 1.165) is 12.8 Å². The number of aliphatic hydroxyl groups is 3. The molecule has 1 aromatic rings. The van der Waals surface area contributed by atoms with Gasteiger partial charge in [0.25, 0.3) is 0 Å². The summed E-state index contributed by atoms with van der Waals surface area (Å²) in [5.74, 6) is 1.30. The van der Waals surface area contributed by atoms with Crippen molar-refractivity contribution in [2.75, 3.05) is 26.4 Å². The maximum absolute atomic E-state index is 10.6. The second kappa shape index (κ2) is 12.5. The molecule has 1 heterocycles. The van der Waals surface area contributed by atoms with E-state index in [0.29, 0.717) is 29.4 Å². The van der Waals surface area contributed by atoms with Gasteiger partial charge in [-0.05, 0) is 18.6 Å². The molecule has 2 rings (SSSR count). The number of benzene rings is 1. The van der Waals surface area contributed by atoms with Crippen LogP contribution in [0.3, 0.4) is 0 Å². The molecule has 0 bridgehead atoms. The third kappa shape index (κ3) is 6.91. The first-order valence-electron chi connectivity index (χ1n) is 10.4. The summed E-state index contributed by atoms with van der Waals surface area (Å²) in [5, 5.41) is 29.0. The van der Waals surface area contributed by atoms with Gasteiger partial charge in [-0.15, -0.1) is 0 Å². The van der Waals surface area contributed by atoms with Crippen molar-refractivity contribution in [2.24, 2.45) is 0 Å². The van der Waals surface area contributed by atoms with Crippen molar-refractivity contribution in [2.45, 2.75) is 64.4 Å². The Hall–Kier alpha value is -1.92. The van der Waals surface area contributed by atoms with E-state index >= 15 is 0 Å². The van der Waals surface area contributed by atoms with E-state index in [9.17, 15) is 10.2 Å². The van der Waals surface area contributed by atoms with Gasteiger partial charge in [0.05, 0.1) is 13.2 Å². The van der Waals surface area contributed by atoms with Gasteiger partial charge in [0, 0.05) is 0 Å². The predicted octanol–water partition coefficient (Wildman–Crippen LogP) is 4.19. The fraction of sp³-hybridized carbons (Fsp3) is 0.636. The zero-order chi connectivity index (χ0) is 20.2. The largest absolute Gasteiger partial charge is 0.504 e. The smallest absolute Gasteiger partial charge is 0.176 e. The molecule has 6 heteroatoms. The normalized spacial score (nSPS) is 14.4. The number of unbranched alkanes of at least 4 members (excludes halogenated alkanes) is 7. The zero-order valence-electron chi connectivity index (χ0n) is 16.9. The third-order valence-corrected chi connectivity index (χ3v) is 4.76. The zero-order valence-corrected chi connectivity index (χ0v) is 16.9. The maximum atomic E-state index is 10.6. The SMILES string of the molecule is CCCCCCCCCCOC1=C(O)c2c(cccc2OCC(O)CO)OC1. The molecule has 158 valence electrons. The second-order valence-electron chi connectivity index (χ2n) is 7.16. The van der Waals surface area contributed by atoms with Crippen molar-refractivity contribution in [3.05, 3.63) is 29.5 Å². The van der Waals surface area contributed by atoms with Crippen LogP contribution in [-0.2, 0) is 4.74 Å². The number of hydrogen-bond donors (Lipinski definition) is 3. The molecule has 0 saturated carbocycles. The van der Waals surface area contributed by atoms with Crippen molar-refractivity contribution < 1.29 is 29.5 Å². The van der Waals surface area contributed by atoms with Crippen LogP contribution in [0.4, 0.5) is 0 Å². The standard InChI is InChI=1S/C22H34O6/c1-2-3-4-5-6-7-8-9-13-26-20-16-28-19-12-10-11-18(21(19)22(20)25)27-15-17(24)14-23/h10-12,17,23-25H,2-9,13-16H2,1H3. The maximum Gasteiger partial charge on any atom is 0.176 e. The van der Waals surface area contributed by atoms with Gasteiger partial charge in [-0.1, -0.05) is 57.9 Å². The Morgan fingerprint density at radius 3 is 2.46 bits per heavy atom. The first-order valence-corrected chi connectivity index (χ1v) is 10.4. The van der Waals surface area contributed by atoms with E-state index in [1.165, 1.54) is 38.5 Å². The van der Waals surface area contributed by atoms with Crippen molar-refractivity contribution in [1.82, 2.24) is 0 Å². The average molecular weight is 395 g/mol. The summed E-state index contributed by atoms with van der Waals surface area (Å²) in [6.07, 6.45) is 8.78. The molecule has 3 N–H and O–H groups in total. The molecule has 1 aliphatic rings. The van der Waals surface area contributed by atoms with Gasteiger partial charge in [-0.2, -0.15) is 0 Å². The molecule has 6 nitrogen and oxygen atoms in total. The summed E-state index contributed by atoms with van der Waals surface area (Å²) in [4.78, 5) is 0. The molecule has 1 unspecified atom stereocenters. The first kappa shape index (κ1) is 22.4. The molecule has 0 radical (unpaired) electrons. The van der Waals surface area contributed by atoms with Crippen LogP contribution in [-0.4, -0.2) is 47.9 Å². The quantitative estimate of drug-likeness (QED) is 0.410. The van der Waals surface area contributed by atoms with Gasteiger partial charge in [-0.25, -0.2) is 0 Å². The summed E-state index contributed by atoms with van der Waals surface area (Å²) in [6, 6.07) is 5.18. The third-order valence-electron chi connectivity index (χ3n) is 4.76. The number of rotatable bonds is 14. The molecule has 0 aliphatic carbocycles. The summed E-state index contributed by atoms with van der Waals surface area (Å²) >= 11 is 0. The highest BCUT2D eigenvalue weighted by atomic mass is 16.5. The molecule has 0 saturated heterocycles. The molecule has 0 amide bonds. The van der Waals surface area contributed by atoms with E-state index in [2.05, 4.69) is 6.92 Å². The Morgan fingerprint density at radius 1 is 1.04 bits per heavy atom. The highest BCUT2D eigenvalue weighted by Gasteiger charge is 2.25. The van der Waals surface area contributed by atoms with Crippen LogP contribution in [0.15, 0.2) is 24.0 Å². The lowest BCUT2D eigenvalue weighted by molar-refractivity contribution is 0.0532. The monoisotopic (exact) mass is 394 g/mol. The lowest BCUT2D eigenvalue weighted by Gasteiger charge is -2.23. The minimum absolute atomic E-state index is 0.00917. The van der Waals surface area contributed by atoms with Crippen LogP contribution in [0.5, 0.6) is 11.5 Å². The van der Waals surface area contributed by atoms with Gasteiger partial charge in [-0.3, -0.25) is 0 Å². The highest BCUT2D eigenvalue weighted by Crippen LogP contribution is 2.38. The van der Waals surface area contributed by atoms with Crippen LogP contribution >= 0.6 is 0 Å². The van der Waals surface area contributed by atoms with Gasteiger partial charge >= 0.3 is 0 Å². The second-order valence-corrected chi connectivity index (χ2v) is 7.16. The molecule has 1 aliphatic heterocycles. The molecular formula is C22H34O6. The summed E-state index contributed by atoms with van der Waals surface area (Å²) in [7, 11) is 0. The Kier molecular flexibility index (Phi) is 10.0. The predicted molar refractivity (Wildman–Crippen MR) is 109 cm³/mol. The van der Waals surface area contributed by atoms with Gasteiger partial charge in [0.1, 0.15) is 36.4 Å². The Labute approximate surface area is 167 Å². The van der Waals surface area contributed by atoms with Crippen molar-refractivity contribution >= 4 is 5.76 Å². The molecule has 0 aromatic heterocycles. The molecule has 28 heavy (non-hydrogen) atoms. The van der Waals surface area contributed by atoms with E-state index in [4.69, 9.17) is 19.3 Å². The van der Waals surface area contributed by atoms with Crippen LogP contribution in [0, 0.1) is 0 Å². The molecule has 0 fully saturated rings. The fourth-order valence-electron chi connectivity index (χ4n) is 3.12. The average Bonchev–Trinajstić information content (AvgIpc) is 2.72. The van der Waals surface area contributed by atoms with Crippen LogP contribution in [0.1, 0.15) is 63.9 Å². The summed E-state index contributed by atoms with van der Waals surface area (Å²) in [6.45, 7) is 2.48. The number of ether oxygens (including phenoxy) is 3. The van der Waals surface area contributed by atoms with E-state index < -0.39 is 6.10 Å². The van der Waals surface area contributed by atoms with Crippen molar-refractivity contribution in [1.29, 1.82) is 0 Å². The fourth-order valence-corrected chi connectivity index (χ4v) is 3.12. The van der Waals surface area contributed by atoms with Crippen molar-refractivity contribution in [3.8, 4) is 11.5 Å². The Morgan fingerprint density at radius 2 is 1.75 bits per heavy atom. The first-order chi connectivity index (χ1) is 13.7. The minimum atomic E-state index is -0.982. The lowest BCUT2D eigenvalue weighted by atomic mass is 10.1. The van der Waals surface area contributed by atoms with Crippen LogP contribution in [0.2, 0.25) is 0 Å². The minimum Gasteiger partial charge on any atom is -0.504 e. The highest BCUT2D eigenvalue weighted by molar-refractivity contribution is 5.73. The van der Waals surface area contributed by atoms with Crippen LogP contribution in [0.25, 0.3) is 5.76 Å². The van der Waals surface area contributed by atoms with E-state index in [-0.39, 0.29) is 25.6 Å². The summed E-state index contributed by atoms with van der Waals surface area (Å²) < 4.78 is 17.0. The van der Waals surface area contributed by atoms with Gasteiger partial charge in [0.15, 0.2) is 11.5 Å². The Bertz CT molecular complexity index is 613. The molecule has 0 spiro atoms. The molecule has 1 atom stereocenters. The Balaban J connectivity index is 1.83. The number of aliphatic hydroxyl groups excluding tert-OH is 3. The number of fused-ring (bicyclic) bond motifs is 1. The topological polar surface area (TPSA) is 88.4 Å². The lowest BCUT2D eigenvalue weighted by Crippen LogP contribution is -2.22. The van der Waals surface area contributed by atoms with Crippen molar-refractivity contribution in [3.63, 3.8) is 0 Å². The molecular weight excluding hydrogens is 360 g/mol. The number of hydrogen-bond acceptors (Lipinski definition) is 6. The van der Waals surface area contributed by atoms with E-state index in [1.54, 1.807) is 18.2 Å². The van der Waals surface area contributed by atoms with Gasteiger partial charge < -0.3 is 29.5 Å². The summed E-state index contributed by atoms with van der Waals surface area (Å²) in [5.41, 5.74) is 0.421.